The van der Waals surface area contributed by atoms with Crippen molar-refractivity contribution in [3.05, 3.63) is 54.0 Å². The van der Waals surface area contributed by atoms with Crippen molar-refractivity contribution in [1.29, 1.82) is 5.26 Å². The number of nitriles is 1. The van der Waals surface area contributed by atoms with E-state index in [1.807, 2.05) is 6.07 Å². The number of amides is 2. The molecule has 2 aromatic rings. The van der Waals surface area contributed by atoms with E-state index in [9.17, 15) is 4.79 Å². The van der Waals surface area contributed by atoms with E-state index in [4.69, 9.17) is 5.26 Å². The lowest BCUT2D eigenvalue weighted by molar-refractivity contribution is 0.0172. The summed E-state index contributed by atoms with van der Waals surface area (Å²) in [5.41, 5.74) is 1.42. The molecule has 3 fully saturated rings. The third-order valence-electron chi connectivity index (χ3n) is 8.36. The van der Waals surface area contributed by atoms with E-state index in [1.165, 1.54) is 31.0 Å². The number of hydrogen-bond acceptors (Lipinski definition) is 5. The van der Waals surface area contributed by atoms with E-state index in [1.54, 1.807) is 11.1 Å². The zero-order valence-corrected chi connectivity index (χ0v) is 19.6. The maximum absolute atomic E-state index is 13.7. The topological polar surface area (TPSA) is 76.4 Å². The van der Waals surface area contributed by atoms with Gasteiger partial charge < -0.3 is 4.90 Å². The summed E-state index contributed by atoms with van der Waals surface area (Å²) < 4.78 is 0. The molecule has 0 bridgehead atoms. The predicted molar refractivity (Wildman–Crippen MR) is 127 cm³/mol. The molecule has 0 unspecified atom stereocenters. The van der Waals surface area contributed by atoms with Gasteiger partial charge in [-0.25, -0.2) is 14.8 Å². The second-order valence-electron chi connectivity index (χ2n) is 10.2. The first kappa shape index (κ1) is 21.8. The first-order chi connectivity index (χ1) is 16.0. The fraction of sp³-hybridized carbons (Fsp3) is 0.538. The van der Waals surface area contributed by atoms with E-state index < -0.39 is 0 Å². The van der Waals surface area contributed by atoms with Crippen molar-refractivity contribution in [1.82, 2.24) is 19.8 Å². The van der Waals surface area contributed by atoms with Crippen molar-refractivity contribution in [2.75, 3.05) is 32.1 Å². The van der Waals surface area contributed by atoms with Crippen molar-refractivity contribution in [3.8, 4) is 6.07 Å². The van der Waals surface area contributed by atoms with Crippen LogP contribution < -0.4 is 4.90 Å². The normalized spacial score (nSPS) is 27.8. The van der Waals surface area contributed by atoms with Crippen molar-refractivity contribution in [2.45, 2.75) is 56.0 Å². The molecule has 0 N–H and O–H groups in total. The average Bonchev–Trinajstić information content (AvgIpc) is 3.08. The van der Waals surface area contributed by atoms with Gasteiger partial charge in [-0.2, -0.15) is 5.26 Å². The third kappa shape index (κ3) is 3.67. The molecule has 1 saturated heterocycles. The Balaban J connectivity index is 1.44. The Bertz CT molecular complexity index is 1030. The van der Waals surface area contributed by atoms with Crippen molar-refractivity contribution >= 4 is 11.8 Å². The van der Waals surface area contributed by atoms with Crippen LogP contribution >= 0.6 is 0 Å². The van der Waals surface area contributed by atoms with Crippen LogP contribution in [0.5, 0.6) is 0 Å². The fourth-order valence-electron chi connectivity index (χ4n) is 6.00. The van der Waals surface area contributed by atoms with Crippen LogP contribution in [0.2, 0.25) is 0 Å². The molecule has 2 aliphatic carbocycles. The summed E-state index contributed by atoms with van der Waals surface area (Å²) in [5.74, 6) is 1.15. The Morgan fingerprint density at radius 2 is 1.82 bits per heavy atom. The third-order valence-corrected chi connectivity index (χ3v) is 8.36. The van der Waals surface area contributed by atoms with Crippen molar-refractivity contribution in [3.63, 3.8) is 0 Å². The number of urea groups is 1. The van der Waals surface area contributed by atoms with Gasteiger partial charge in [0.25, 0.3) is 0 Å². The van der Waals surface area contributed by atoms with Gasteiger partial charge in [0, 0.05) is 12.1 Å². The summed E-state index contributed by atoms with van der Waals surface area (Å²) in [6.45, 7) is 1.47. The quantitative estimate of drug-likeness (QED) is 0.692. The molecule has 1 aliphatic heterocycles. The zero-order chi connectivity index (χ0) is 23.1. The van der Waals surface area contributed by atoms with Gasteiger partial charge >= 0.3 is 6.03 Å². The number of anilines is 1. The molecule has 5 rings (SSSR count). The molecule has 1 spiro atoms. The Morgan fingerprint density at radius 3 is 2.36 bits per heavy atom. The van der Waals surface area contributed by atoms with Gasteiger partial charge in [0.15, 0.2) is 11.5 Å². The zero-order valence-electron chi connectivity index (χ0n) is 19.6. The highest BCUT2D eigenvalue weighted by molar-refractivity contribution is 5.94. The number of hydrogen-bond donors (Lipinski definition) is 0. The van der Waals surface area contributed by atoms with Crippen molar-refractivity contribution in [2.24, 2.45) is 5.92 Å². The first-order valence-corrected chi connectivity index (χ1v) is 12.0. The highest BCUT2D eigenvalue weighted by Gasteiger charge is 2.55. The van der Waals surface area contributed by atoms with Crippen LogP contribution in [0.3, 0.4) is 0 Å². The van der Waals surface area contributed by atoms with Gasteiger partial charge in [0.1, 0.15) is 6.07 Å². The second kappa shape index (κ2) is 8.42. The van der Waals surface area contributed by atoms with E-state index >= 15 is 0 Å². The van der Waals surface area contributed by atoms with Crippen LogP contribution in [0.4, 0.5) is 10.6 Å². The van der Waals surface area contributed by atoms with Crippen LogP contribution in [-0.2, 0) is 5.54 Å². The summed E-state index contributed by atoms with van der Waals surface area (Å²) in [4.78, 5) is 28.6. The van der Waals surface area contributed by atoms with Gasteiger partial charge in [-0.15, -0.1) is 0 Å². The maximum atomic E-state index is 13.7. The number of carbonyl (C=O) groups excluding carboxylic acids is 1. The molecule has 0 radical (unpaired) electrons. The predicted octanol–water partition coefficient (Wildman–Crippen LogP) is 4.16. The summed E-state index contributed by atoms with van der Waals surface area (Å²) in [7, 11) is 4.35. The average molecular weight is 445 g/mol. The number of rotatable bonds is 5. The summed E-state index contributed by atoms with van der Waals surface area (Å²) >= 11 is 0. The minimum Gasteiger partial charge on any atom is -0.317 e. The fourth-order valence-corrected chi connectivity index (χ4v) is 6.00. The monoisotopic (exact) mass is 444 g/mol. The molecular weight excluding hydrogens is 412 g/mol. The standard InChI is InChI=1S/C26H32N6O/c1-30(2)26(21-9-4-3-5-10-21)13-11-25(12-14-26)19-31(23-17-28-22(15-27)16-29-23)24(33)32(25)18-20-7-6-8-20/h3-5,9-10,16-17,20H,6-8,11-14,18-19H2,1-2H3. The van der Waals surface area contributed by atoms with Crippen LogP contribution in [0, 0.1) is 17.2 Å². The highest BCUT2D eigenvalue weighted by Crippen LogP contribution is 2.50. The minimum absolute atomic E-state index is 0.0145. The molecular formula is C26H32N6O. The molecule has 2 saturated carbocycles. The molecule has 172 valence electrons. The Hall–Kier alpha value is -2.98. The Kier molecular flexibility index (Phi) is 5.57. The van der Waals surface area contributed by atoms with Gasteiger partial charge in [0.2, 0.25) is 0 Å². The van der Waals surface area contributed by atoms with E-state index in [0.29, 0.717) is 18.3 Å². The lowest BCUT2D eigenvalue weighted by Crippen LogP contribution is -2.56. The molecule has 33 heavy (non-hydrogen) atoms. The molecule has 1 aromatic heterocycles. The summed E-state index contributed by atoms with van der Waals surface area (Å²) in [6, 6.07) is 12.8. The second-order valence-corrected chi connectivity index (χ2v) is 10.2. The Morgan fingerprint density at radius 1 is 1.09 bits per heavy atom. The number of carbonyl (C=O) groups is 1. The van der Waals surface area contributed by atoms with E-state index in [2.05, 4.69) is 64.2 Å². The van der Waals surface area contributed by atoms with Crippen LogP contribution in [0.15, 0.2) is 42.7 Å². The number of aromatic nitrogens is 2. The lowest BCUT2D eigenvalue weighted by atomic mass is 9.68. The minimum atomic E-state index is -0.184. The number of benzene rings is 1. The van der Waals surface area contributed by atoms with Crippen LogP contribution in [0.1, 0.15) is 56.2 Å². The highest BCUT2D eigenvalue weighted by atomic mass is 16.2. The molecule has 2 heterocycles. The lowest BCUT2D eigenvalue weighted by Gasteiger charge is -2.51. The summed E-state index contributed by atoms with van der Waals surface area (Å²) in [6.07, 6.45) is 10.6. The molecule has 3 aliphatic rings. The maximum Gasteiger partial charge on any atom is 0.326 e. The van der Waals surface area contributed by atoms with Crippen molar-refractivity contribution < 1.29 is 4.79 Å². The van der Waals surface area contributed by atoms with E-state index in [-0.39, 0.29) is 22.8 Å². The smallest absolute Gasteiger partial charge is 0.317 e. The first-order valence-electron chi connectivity index (χ1n) is 12.0. The Labute approximate surface area is 196 Å². The van der Waals surface area contributed by atoms with Crippen LogP contribution in [-0.4, -0.2) is 58.5 Å². The van der Waals surface area contributed by atoms with Gasteiger partial charge in [-0.3, -0.25) is 9.80 Å². The van der Waals surface area contributed by atoms with Gasteiger partial charge in [-0.1, -0.05) is 36.8 Å². The molecule has 1 aromatic carbocycles. The number of nitrogens with zero attached hydrogens (tertiary/aromatic N) is 6. The van der Waals surface area contributed by atoms with E-state index in [0.717, 1.165) is 32.2 Å². The van der Waals surface area contributed by atoms with Gasteiger partial charge in [-0.05, 0) is 64.1 Å². The molecule has 2 amide bonds. The molecule has 0 atom stereocenters. The largest absolute Gasteiger partial charge is 0.326 e. The van der Waals surface area contributed by atoms with Gasteiger partial charge in [0.05, 0.1) is 24.5 Å². The molecule has 7 nitrogen and oxygen atoms in total. The SMILES string of the molecule is CN(C)C1(c2ccccc2)CCC2(CC1)CN(c1cnc(C#N)cn1)C(=O)N2CC1CCC1. The van der Waals surface area contributed by atoms with Crippen LogP contribution in [0.25, 0.3) is 0 Å². The molecule has 7 heteroatoms. The summed E-state index contributed by atoms with van der Waals surface area (Å²) in [5, 5.41) is 9.06.